The van der Waals surface area contributed by atoms with Crippen molar-refractivity contribution in [3.8, 4) is 0 Å². The molecule has 1 heterocycles. The summed E-state index contributed by atoms with van der Waals surface area (Å²) in [5.41, 5.74) is 1.67. The van der Waals surface area contributed by atoms with Crippen molar-refractivity contribution in [2.24, 2.45) is 0 Å². The first-order valence-corrected chi connectivity index (χ1v) is 8.90. The number of ether oxygens (including phenoxy) is 2. The molecule has 0 atom stereocenters. The standard InChI is InChI=1S/C19H24N4O5/c1-3-28-18(20)12-6-7-14-13(9-12)10-15(23-14)19(26)22-11-16(24)21-8-4-5-17(25)27-2/h6-7,9-10,20,23H,3-5,8,11H2,1-2H3,(H,21,24)(H,22,26). The molecule has 0 aliphatic rings. The Labute approximate surface area is 162 Å². The Balaban J connectivity index is 1.86. The Bertz CT molecular complexity index is 874. The maximum absolute atomic E-state index is 12.2. The molecule has 0 aliphatic heterocycles. The Hall–Kier alpha value is -3.36. The molecule has 9 heteroatoms. The molecule has 1 aromatic heterocycles. The Morgan fingerprint density at radius 2 is 1.96 bits per heavy atom. The highest BCUT2D eigenvalue weighted by Gasteiger charge is 2.12. The lowest BCUT2D eigenvalue weighted by molar-refractivity contribution is -0.140. The number of fused-ring (bicyclic) bond motifs is 1. The second-order valence-electron chi connectivity index (χ2n) is 5.96. The smallest absolute Gasteiger partial charge is 0.305 e. The maximum Gasteiger partial charge on any atom is 0.305 e. The zero-order valence-electron chi connectivity index (χ0n) is 15.9. The van der Waals surface area contributed by atoms with Crippen molar-refractivity contribution in [1.82, 2.24) is 15.6 Å². The molecular weight excluding hydrogens is 364 g/mol. The van der Waals surface area contributed by atoms with Gasteiger partial charge in [-0.25, -0.2) is 0 Å². The van der Waals surface area contributed by atoms with Crippen LogP contribution in [0.2, 0.25) is 0 Å². The molecule has 0 bridgehead atoms. The van der Waals surface area contributed by atoms with Gasteiger partial charge >= 0.3 is 5.97 Å². The Kier molecular flexibility index (Phi) is 7.55. The number of hydrogen-bond donors (Lipinski definition) is 4. The van der Waals surface area contributed by atoms with Crippen molar-refractivity contribution in [1.29, 1.82) is 5.41 Å². The molecule has 2 rings (SSSR count). The van der Waals surface area contributed by atoms with Crippen LogP contribution in [0.5, 0.6) is 0 Å². The number of H-pyrrole nitrogens is 1. The third-order valence-corrected chi connectivity index (χ3v) is 3.93. The van der Waals surface area contributed by atoms with Gasteiger partial charge in [0.15, 0.2) is 0 Å². The summed E-state index contributed by atoms with van der Waals surface area (Å²) in [7, 11) is 1.31. The maximum atomic E-state index is 12.2. The topological polar surface area (TPSA) is 133 Å². The second-order valence-corrected chi connectivity index (χ2v) is 5.96. The predicted octanol–water partition coefficient (Wildman–Crippen LogP) is 1.33. The second kappa shape index (κ2) is 10.1. The molecule has 4 N–H and O–H groups in total. The minimum atomic E-state index is -0.414. The number of amides is 2. The minimum absolute atomic E-state index is 0.0699. The first kappa shape index (κ1) is 20.9. The number of aromatic amines is 1. The summed E-state index contributed by atoms with van der Waals surface area (Å²) in [4.78, 5) is 38.0. The number of aromatic nitrogens is 1. The number of carbonyl (C=O) groups excluding carboxylic acids is 3. The van der Waals surface area contributed by atoms with Crippen LogP contribution < -0.4 is 10.6 Å². The normalized spacial score (nSPS) is 10.4. The number of esters is 1. The number of nitrogens with one attached hydrogen (secondary N) is 4. The first-order valence-electron chi connectivity index (χ1n) is 8.90. The molecule has 0 radical (unpaired) electrons. The summed E-state index contributed by atoms with van der Waals surface area (Å²) in [6, 6.07) is 6.92. The van der Waals surface area contributed by atoms with Gasteiger partial charge in [-0.2, -0.15) is 0 Å². The molecule has 9 nitrogen and oxygen atoms in total. The van der Waals surface area contributed by atoms with Gasteiger partial charge in [0.05, 0.1) is 20.3 Å². The van der Waals surface area contributed by atoms with Crippen molar-refractivity contribution < 1.29 is 23.9 Å². The molecule has 1 aromatic carbocycles. The van der Waals surface area contributed by atoms with Crippen LogP contribution in [0.15, 0.2) is 24.3 Å². The lowest BCUT2D eigenvalue weighted by Crippen LogP contribution is -2.37. The highest BCUT2D eigenvalue weighted by molar-refractivity contribution is 6.01. The fraction of sp³-hybridized carbons (Fsp3) is 0.368. The molecule has 0 aliphatic carbocycles. The van der Waals surface area contributed by atoms with E-state index in [2.05, 4.69) is 20.4 Å². The van der Waals surface area contributed by atoms with Crippen LogP contribution in [0.25, 0.3) is 10.9 Å². The van der Waals surface area contributed by atoms with Gasteiger partial charge in [0.2, 0.25) is 11.8 Å². The SMILES string of the molecule is CCOC(=N)c1ccc2[nH]c(C(=O)NCC(=O)NCCCC(=O)OC)cc2c1. The van der Waals surface area contributed by atoms with Gasteiger partial charge in [-0.3, -0.25) is 19.8 Å². The van der Waals surface area contributed by atoms with Gasteiger partial charge in [-0.1, -0.05) is 0 Å². The number of rotatable bonds is 9. The van der Waals surface area contributed by atoms with Crippen molar-refractivity contribution >= 4 is 34.6 Å². The van der Waals surface area contributed by atoms with Gasteiger partial charge in [-0.15, -0.1) is 0 Å². The summed E-state index contributed by atoms with van der Waals surface area (Å²) in [6.07, 6.45) is 0.689. The molecule has 2 amide bonds. The zero-order valence-corrected chi connectivity index (χ0v) is 15.9. The third kappa shape index (κ3) is 5.83. The molecule has 0 unspecified atom stereocenters. The summed E-state index contributed by atoms with van der Waals surface area (Å²) < 4.78 is 9.69. The highest BCUT2D eigenvalue weighted by atomic mass is 16.5. The number of methoxy groups -OCH3 is 1. The quantitative estimate of drug-likeness (QED) is 0.223. The summed E-state index contributed by atoms with van der Waals surface area (Å²) in [6.45, 7) is 2.36. The van der Waals surface area contributed by atoms with Gasteiger partial charge in [0.25, 0.3) is 5.91 Å². The van der Waals surface area contributed by atoms with Crippen molar-refractivity contribution in [3.05, 3.63) is 35.5 Å². The number of benzene rings is 1. The van der Waals surface area contributed by atoms with Crippen LogP contribution in [0.1, 0.15) is 35.8 Å². The molecule has 150 valence electrons. The van der Waals surface area contributed by atoms with Crippen LogP contribution in [0.3, 0.4) is 0 Å². The van der Waals surface area contributed by atoms with E-state index in [-0.39, 0.29) is 30.7 Å². The van der Waals surface area contributed by atoms with E-state index in [1.807, 2.05) is 0 Å². The monoisotopic (exact) mass is 388 g/mol. The summed E-state index contributed by atoms with van der Waals surface area (Å²) in [5.74, 6) is -1.02. The average Bonchev–Trinajstić information content (AvgIpc) is 3.12. The molecule has 0 fully saturated rings. The Morgan fingerprint density at radius 3 is 2.68 bits per heavy atom. The van der Waals surface area contributed by atoms with E-state index in [0.717, 1.165) is 10.9 Å². The molecule has 0 saturated heterocycles. The van der Waals surface area contributed by atoms with Gasteiger partial charge < -0.3 is 25.1 Å². The highest BCUT2D eigenvalue weighted by Crippen LogP contribution is 2.18. The van der Waals surface area contributed by atoms with E-state index >= 15 is 0 Å². The summed E-state index contributed by atoms with van der Waals surface area (Å²) >= 11 is 0. The largest absolute Gasteiger partial charge is 0.478 e. The predicted molar refractivity (Wildman–Crippen MR) is 103 cm³/mol. The molecule has 0 saturated carbocycles. The number of hydrogen-bond acceptors (Lipinski definition) is 6. The molecular formula is C19H24N4O5. The fourth-order valence-electron chi connectivity index (χ4n) is 2.50. The van der Waals surface area contributed by atoms with Gasteiger partial charge in [-0.05, 0) is 37.6 Å². The van der Waals surface area contributed by atoms with E-state index in [4.69, 9.17) is 10.1 Å². The van der Waals surface area contributed by atoms with E-state index in [0.29, 0.717) is 30.8 Å². The van der Waals surface area contributed by atoms with Crippen LogP contribution in [0, 0.1) is 5.41 Å². The van der Waals surface area contributed by atoms with Crippen LogP contribution in [0.4, 0.5) is 0 Å². The van der Waals surface area contributed by atoms with Crippen molar-refractivity contribution in [2.75, 3.05) is 26.8 Å². The lowest BCUT2D eigenvalue weighted by atomic mass is 10.1. The van der Waals surface area contributed by atoms with E-state index in [9.17, 15) is 14.4 Å². The van der Waals surface area contributed by atoms with Gasteiger partial charge in [0.1, 0.15) is 5.69 Å². The van der Waals surface area contributed by atoms with E-state index in [1.165, 1.54) is 7.11 Å². The fourth-order valence-corrected chi connectivity index (χ4v) is 2.50. The molecule has 0 spiro atoms. The summed E-state index contributed by atoms with van der Waals surface area (Å²) in [5, 5.41) is 13.8. The van der Waals surface area contributed by atoms with E-state index in [1.54, 1.807) is 31.2 Å². The minimum Gasteiger partial charge on any atom is -0.478 e. The van der Waals surface area contributed by atoms with Crippen LogP contribution >= 0.6 is 0 Å². The molecule has 2 aromatic rings. The van der Waals surface area contributed by atoms with Crippen molar-refractivity contribution in [3.63, 3.8) is 0 Å². The van der Waals surface area contributed by atoms with Gasteiger partial charge in [0, 0.05) is 29.4 Å². The number of carbonyl (C=O) groups is 3. The zero-order chi connectivity index (χ0) is 20.5. The Morgan fingerprint density at radius 1 is 1.18 bits per heavy atom. The van der Waals surface area contributed by atoms with E-state index < -0.39 is 5.91 Å². The van der Waals surface area contributed by atoms with Crippen molar-refractivity contribution in [2.45, 2.75) is 19.8 Å². The first-order chi connectivity index (χ1) is 13.4. The van der Waals surface area contributed by atoms with Crippen LogP contribution in [-0.2, 0) is 19.1 Å². The average molecular weight is 388 g/mol. The molecule has 28 heavy (non-hydrogen) atoms. The lowest BCUT2D eigenvalue weighted by Gasteiger charge is -2.06. The van der Waals surface area contributed by atoms with Crippen LogP contribution in [-0.4, -0.2) is 55.5 Å². The third-order valence-electron chi connectivity index (χ3n) is 3.93.